The van der Waals surface area contributed by atoms with Crippen LogP contribution in [0.2, 0.25) is 0 Å². The van der Waals surface area contributed by atoms with Crippen molar-refractivity contribution < 1.29 is 4.52 Å². The molecule has 0 N–H and O–H groups in total. The van der Waals surface area contributed by atoms with Crippen LogP contribution in [-0.4, -0.2) is 31.6 Å². The predicted octanol–water partition coefficient (Wildman–Crippen LogP) is 3.25. The van der Waals surface area contributed by atoms with Gasteiger partial charge in [-0.3, -0.25) is 14.9 Å². The van der Waals surface area contributed by atoms with E-state index in [0.717, 1.165) is 24.4 Å². The Hall–Kier alpha value is -2.60. The zero-order valence-corrected chi connectivity index (χ0v) is 13.4. The Kier molecular flexibility index (Phi) is 4.29. The van der Waals surface area contributed by atoms with Crippen LogP contribution in [0.5, 0.6) is 0 Å². The highest BCUT2D eigenvalue weighted by atomic mass is 16.5. The molecule has 0 aliphatic carbocycles. The lowest BCUT2D eigenvalue weighted by atomic mass is 9.99. The lowest BCUT2D eigenvalue weighted by Crippen LogP contribution is -2.33. The van der Waals surface area contributed by atoms with Crippen LogP contribution in [0.25, 0.3) is 11.5 Å². The highest BCUT2D eigenvalue weighted by Gasteiger charge is 2.26. The first kappa shape index (κ1) is 15.0. The third kappa shape index (κ3) is 3.19. The largest absolute Gasteiger partial charge is 0.337 e. The number of hydrogen-bond donors (Lipinski definition) is 0. The molecule has 6 nitrogen and oxygen atoms in total. The van der Waals surface area contributed by atoms with E-state index in [1.165, 1.54) is 12.8 Å². The van der Waals surface area contributed by atoms with E-state index in [4.69, 9.17) is 4.52 Å². The number of hydrogen-bond acceptors (Lipinski definition) is 6. The summed E-state index contributed by atoms with van der Waals surface area (Å²) in [6.45, 7) is 1.66. The molecule has 0 saturated carbocycles. The van der Waals surface area contributed by atoms with E-state index < -0.39 is 0 Å². The van der Waals surface area contributed by atoms with Crippen molar-refractivity contribution in [2.75, 3.05) is 6.54 Å². The molecule has 4 heterocycles. The zero-order valence-electron chi connectivity index (χ0n) is 13.4. The van der Waals surface area contributed by atoms with Crippen molar-refractivity contribution in [3.05, 3.63) is 60.4 Å². The zero-order chi connectivity index (χ0) is 16.2. The molecule has 4 rings (SSSR count). The van der Waals surface area contributed by atoms with Crippen molar-refractivity contribution >= 4 is 0 Å². The molecule has 6 heteroatoms. The number of pyridine rings is 2. The van der Waals surface area contributed by atoms with Crippen LogP contribution in [0.15, 0.2) is 53.3 Å². The third-order valence-electron chi connectivity index (χ3n) is 4.34. The molecule has 1 aliphatic rings. The molecule has 1 atom stereocenters. The van der Waals surface area contributed by atoms with Crippen molar-refractivity contribution in [2.45, 2.75) is 31.8 Å². The second kappa shape index (κ2) is 6.88. The normalized spacial score (nSPS) is 18.6. The maximum Gasteiger partial charge on any atom is 0.241 e. The Labute approximate surface area is 140 Å². The Balaban J connectivity index is 1.52. The average molecular weight is 321 g/mol. The van der Waals surface area contributed by atoms with Gasteiger partial charge in [0.25, 0.3) is 0 Å². The van der Waals surface area contributed by atoms with E-state index in [2.05, 4.69) is 31.1 Å². The van der Waals surface area contributed by atoms with Gasteiger partial charge < -0.3 is 4.52 Å². The van der Waals surface area contributed by atoms with Crippen LogP contribution in [0.3, 0.4) is 0 Å². The molecule has 1 saturated heterocycles. The summed E-state index contributed by atoms with van der Waals surface area (Å²) in [7, 11) is 0. The van der Waals surface area contributed by atoms with Gasteiger partial charge in [-0.15, -0.1) is 0 Å². The SMILES string of the molecule is c1ccc(-c2noc(CN3CCCCC3c3ccccn3)n2)nc1. The monoisotopic (exact) mass is 321 g/mol. The fourth-order valence-electron chi connectivity index (χ4n) is 3.18. The Bertz CT molecular complexity index is 774. The fourth-order valence-corrected chi connectivity index (χ4v) is 3.18. The molecular formula is C18H19N5O. The summed E-state index contributed by atoms with van der Waals surface area (Å²) in [6.07, 6.45) is 7.10. The molecule has 1 aliphatic heterocycles. The minimum Gasteiger partial charge on any atom is -0.337 e. The number of nitrogens with zero attached hydrogens (tertiary/aromatic N) is 5. The molecule has 1 fully saturated rings. The first-order valence-electron chi connectivity index (χ1n) is 8.29. The van der Waals surface area contributed by atoms with E-state index >= 15 is 0 Å². The summed E-state index contributed by atoms with van der Waals surface area (Å²) < 4.78 is 5.44. The number of rotatable bonds is 4. The van der Waals surface area contributed by atoms with E-state index in [9.17, 15) is 0 Å². The summed E-state index contributed by atoms with van der Waals surface area (Å²) in [5.74, 6) is 1.16. The molecule has 1 unspecified atom stereocenters. The summed E-state index contributed by atoms with van der Waals surface area (Å²) in [5, 5.41) is 4.06. The van der Waals surface area contributed by atoms with Gasteiger partial charge in [0.2, 0.25) is 11.7 Å². The van der Waals surface area contributed by atoms with E-state index in [-0.39, 0.29) is 0 Å². The summed E-state index contributed by atoms with van der Waals surface area (Å²) in [6, 6.07) is 12.1. The number of piperidine rings is 1. The second-order valence-corrected chi connectivity index (χ2v) is 5.96. The topological polar surface area (TPSA) is 67.9 Å². The molecule has 122 valence electrons. The number of likely N-dealkylation sites (tertiary alicyclic amines) is 1. The average Bonchev–Trinajstić information content (AvgIpc) is 3.12. The Morgan fingerprint density at radius 1 is 1.04 bits per heavy atom. The quantitative estimate of drug-likeness (QED) is 0.735. The van der Waals surface area contributed by atoms with Crippen LogP contribution in [-0.2, 0) is 6.54 Å². The van der Waals surface area contributed by atoms with Crippen LogP contribution < -0.4 is 0 Å². The van der Waals surface area contributed by atoms with Gasteiger partial charge in [0.1, 0.15) is 5.69 Å². The van der Waals surface area contributed by atoms with Crippen LogP contribution in [0.4, 0.5) is 0 Å². The van der Waals surface area contributed by atoms with Gasteiger partial charge in [-0.1, -0.05) is 23.7 Å². The summed E-state index contributed by atoms with van der Waals surface area (Å²) in [5.41, 5.74) is 1.84. The van der Waals surface area contributed by atoms with E-state index in [1.54, 1.807) is 6.20 Å². The van der Waals surface area contributed by atoms with Crippen LogP contribution >= 0.6 is 0 Å². The molecule has 3 aromatic heterocycles. The molecular weight excluding hydrogens is 302 g/mol. The van der Waals surface area contributed by atoms with E-state index in [1.807, 2.05) is 36.5 Å². The van der Waals surface area contributed by atoms with Gasteiger partial charge in [-0.05, 0) is 43.7 Å². The third-order valence-corrected chi connectivity index (χ3v) is 4.34. The van der Waals surface area contributed by atoms with Gasteiger partial charge in [0.15, 0.2) is 0 Å². The standard InChI is InChI=1S/C18H19N5O/c1-4-10-19-14(7-1)16-9-3-6-12-23(16)13-17-21-18(22-24-17)15-8-2-5-11-20-15/h1-2,4-5,7-8,10-11,16H,3,6,9,12-13H2. The Morgan fingerprint density at radius 2 is 1.92 bits per heavy atom. The van der Waals surface area contributed by atoms with Gasteiger partial charge in [0.05, 0.1) is 18.3 Å². The van der Waals surface area contributed by atoms with Crippen molar-refractivity contribution in [3.63, 3.8) is 0 Å². The van der Waals surface area contributed by atoms with Gasteiger partial charge >= 0.3 is 0 Å². The molecule has 0 aromatic carbocycles. The van der Waals surface area contributed by atoms with Crippen LogP contribution in [0.1, 0.15) is 36.9 Å². The fraction of sp³-hybridized carbons (Fsp3) is 0.333. The molecule has 24 heavy (non-hydrogen) atoms. The smallest absolute Gasteiger partial charge is 0.241 e. The molecule has 0 spiro atoms. The highest BCUT2D eigenvalue weighted by molar-refractivity contribution is 5.46. The van der Waals surface area contributed by atoms with Crippen molar-refractivity contribution in [3.8, 4) is 11.5 Å². The summed E-state index contributed by atoms with van der Waals surface area (Å²) >= 11 is 0. The van der Waals surface area contributed by atoms with Gasteiger partial charge in [-0.2, -0.15) is 4.98 Å². The van der Waals surface area contributed by atoms with Gasteiger partial charge in [0, 0.05) is 12.4 Å². The first-order valence-corrected chi connectivity index (χ1v) is 8.29. The summed E-state index contributed by atoms with van der Waals surface area (Å²) in [4.78, 5) is 15.7. The maximum atomic E-state index is 5.44. The molecule has 0 radical (unpaired) electrons. The van der Waals surface area contributed by atoms with Crippen LogP contribution in [0, 0.1) is 0 Å². The lowest BCUT2D eigenvalue weighted by molar-refractivity contribution is 0.121. The maximum absolute atomic E-state index is 5.44. The van der Waals surface area contributed by atoms with E-state index in [0.29, 0.717) is 24.3 Å². The highest BCUT2D eigenvalue weighted by Crippen LogP contribution is 2.30. The molecule has 0 bridgehead atoms. The van der Waals surface area contributed by atoms with Crippen molar-refractivity contribution in [2.24, 2.45) is 0 Å². The van der Waals surface area contributed by atoms with Gasteiger partial charge in [-0.25, -0.2) is 0 Å². The second-order valence-electron chi connectivity index (χ2n) is 5.96. The lowest BCUT2D eigenvalue weighted by Gasteiger charge is -2.34. The Morgan fingerprint density at radius 3 is 2.71 bits per heavy atom. The van der Waals surface area contributed by atoms with Crippen molar-refractivity contribution in [1.82, 2.24) is 25.0 Å². The minimum absolute atomic E-state index is 0.310. The minimum atomic E-state index is 0.310. The number of aromatic nitrogens is 4. The predicted molar refractivity (Wildman–Crippen MR) is 88.8 cm³/mol. The first-order chi connectivity index (χ1) is 11.9. The molecule has 0 amide bonds. The molecule has 3 aromatic rings. The van der Waals surface area contributed by atoms with Crippen molar-refractivity contribution in [1.29, 1.82) is 0 Å².